The van der Waals surface area contributed by atoms with Crippen LogP contribution in [-0.2, 0) is 6.54 Å². The van der Waals surface area contributed by atoms with Gasteiger partial charge in [0, 0.05) is 44.5 Å². The number of methoxy groups -OCH3 is 1. The Bertz CT molecular complexity index is 356. The topological polar surface area (TPSA) is 37.4 Å². The number of nitrogens with zero attached hydrogens (tertiary/aromatic N) is 2. The molecule has 1 N–H and O–H groups in total. The Balaban J connectivity index is 1.94. The first-order valence-corrected chi connectivity index (χ1v) is 6.22. The summed E-state index contributed by atoms with van der Waals surface area (Å²) in [5, 5.41) is 3.50. The number of rotatable bonds is 3. The molecule has 1 aromatic heterocycles. The number of aromatic nitrogens is 1. The van der Waals surface area contributed by atoms with Crippen molar-refractivity contribution in [3.8, 4) is 5.88 Å². The van der Waals surface area contributed by atoms with Crippen molar-refractivity contribution in [3.05, 3.63) is 23.9 Å². The quantitative estimate of drug-likeness (QED) is 0.856. The van der Waals surface area contributed by atoms with Crippen molar-refractivity contribution in [2.75, 3.05) is 26.7 Å². The molecule has 0 saturated carbocycles. The minimum absolute atomic E-state index is 0.631. The Hall–Kier alpha value is -1.13. The van der Waals surface area contributed by atoms with E-state index in [2.05, 4.69) is 28.2 Å². The molecule has 1 aromatic rings. The van der Waals surface area contributed by atoms with E-state index in [-0.39, 0.29) is 0 Å². The second-order valence-electron chi connectivity index (χ2n) is 4.63. The largest absolute Gasteiger partial charge is 0.481 e. The molecule has 4 nitrogen and oxygen atoms in total. The smallest absolute Gasteiger partial charge is 0.213 e. The third-order valence-electron chi connectivity index (χ3n) is 3.21. The summed E-state index contributed by atoms with van der Waals surface area (Å²) in [5.74, 6) is 0.698. The zero-order valence-corrected chi connectivity index (χ0v) is 10.6. The molecule has 1 atom stereocenters. The van der Waals surface area contributed by atoms with Gasteiger partial charge >= 0.3 is 0 Å². The van der Waals surface area contributed by atoms with E-state index in [9.17, 15) is 0 Å². The van der Waals surface area contributed by atoms with Crippen molar-refractivity contribution in [1.29, 1.82) is 0 Å². The van der Waals surface area contributed by atoms with E-state index in [1.54, 1.807) is 7.11 Å². The monoisotopic (exact) mass is 235 g/mol. The second kappa shape index (κ2) is 5.98. The van der Waals surface area contributed by atoms with E-state index >= 15 is 0 Å². The van der Waals surface area contributed by atoms with Crippen molar-refractivity contribution < 1.29 is 4.74 Å². The molecule has 0 radical (unpaired) electrons. The van der Waals surface area contributed by atoms with Crippen LogP contribution >= 0.6 is 0 Å². The molecule has 1 fully saturated rings. The minimum Gasteiger partial charge on any atom is -0.481 e. The van der Waals surface area contributed by atoms with Crippen LogP contribution in [0, 0.1) is 0 Å². The molecule has 1 saturated heterocycles. The van der Waals surface area contributed by atoms with Crippen LogP contribution in [0.25, 0.3) is 0 Å². The molecule has 1 aliphatic heterocycles. The van der Waals surface area contributed by atoms with Gasteiger partial charge in [-0.2, -0.15) is 0 Å². The molecule has 0 amide bonds. The molecule has 0 spiro atoms. The molecular weight excluding hydrogens is 214 g/mol. The maximum atomic E-state index is 5.14. The molecular formula is C13H21N3O. The van der Waals surface area contributed by atoms with Gasteiger partial charge in [-0.1, -0.05) is 0 Å². The second-order valence-corrected chi connectivity index (χ2v) is 4.63. The minimum atomic E-state index is 0.631. The molecule has 17 heavy (non-hydrogen) atoms. The van der Waals surface area contributed by atoms with Gasteiger partial charge in [-0.15, -0.1) is 0 Å². The summed E-state index contributed by atoms with van der Waals surface area (Å²) >= 11 is 0. The SMILES string of the molecule is COc1cc(CN2CCNC(C)CC2)ccn1. The Morgan fingerprint density at radius 2 is 2.41 bits per heavy atom. The molecule has 4 heteroatoms. The standard InChI is InChI=1S/C13H21N3O/c1-11-4-7-16(8-6-14-11)10-12-3-5-15-13(9-12)17-2/h3,5,9,11,14H,4,6-8,10H2,1-2H3. The normalized spacial score (nSPS) is 22.1. The summed E-state index contributed by atoms with van der Waals surface area (Å²) in [6, 6.07) is 4.71. The third kappa shape index (κ3) is 3.68. The number of ether oxygens (including phenoxy) is 1. The lowest BCUT2D eigenvalue weighted by molar-refractivity contribution is 0.282. The van der Waals surface area contributed by atoms with Crippen LogP contribution in [0.2, 0.25) is 0 Å². The first-order valence-electron chi connectivity index (χ1n) is 6.22. The van der Waals surface area contributed by atoms with Gasteiger partial charge in [0.15, 0.2) is 0 Å². The van der Waals surface area contributed by atoms with Crippen LogP contribution in [0.15, 0.2) is 18.3 Å². The Kier molecular flexibility index (Phi) is 4.34. The number of hydrogen-bond donors (Lipinski definition) is 1. The Morgan fingerprint density at radius 3 is 3.24 bits per heavy atom. The lowest BCUT2D eigenvalue weighted by Gasteiger charge is -2.19. The summed E-state index contributed by atoms with van der Waals surface area (Å²) in [4.78, 5) is 6.61. The van der Waals surface area contributed by atoms with Gasteiger partial charge in [0.25, 0.3) is 0 Å². The zero-order valence-electron chi connectivity index (χ0n) is 10.6. The van der Waals surface area contributed by atoms with Crippen LogP contribution in [0.3, 0.4) is 0 Å². The van der Waals surface area contributed by atoms with Gasteiger partial charge in [0.2, 0.25) is 5.88 Å². The lowest BCUT2D eigenvalue weighted by Crippen LogP contribution is -2.28. The van der Waals surface area contributed by atoms with Crippen LogP contribution < -0.4 is 10.1 Å². The predicted octanol–water partition coefficient (Wildman–Crippen LogP) is 1.27. The summed E-state index contributed by atoms with van der Waals surface area (Å²) < 4.78 is 5.14. The number of hydrogen-bond acceptors (Lipinski definition) is 4. The molecule has 0 aliphatic carbocycles. The van der Waals surface area contributed by atoms with Crippen LogP contribution in [-0.4, -0.2) is 42.7 Å². The van der Waals surface area contributed by atoms with Crippen molar-refractivity contribution in [1.82, 2.24) is 15.2 Å². The summed E-state index contributed by atoms with van der Waals surface area (Å²) in [7, 11) is 1.66. The highest BCUT2D eigenvalue weighted by molar-refractivity contribution is 5.20. The van der Waals surface area contributed by atoms with Crippen LogP contribution in [0.5, 0.6) is 5.88 Å². The molecule has 1 unspecified atom stereocenters. The number of pyridine rings is 1. The molecule has 0 bridgehead atoms. The third-order valence-corrected chi connectivity index (χ3v) is 3.21. The average molecular weight is 235 g/mol. The van der Waals surface area contributed by atoms with E-state index < -0.39 is 0 Å². The first-order chi connectivity index (χ1) is 8.28. The fraction of sp³-hybridized carbons (Fsp3) is 0.615. The fourth-order valence-electron chi connectivity index (χ4n) is 2.14. The first kappa shape index (κ1) is 12.3. The molecule has 2 heterocycles. The van der Waals surface area contributed by atoms with Crippen molar-refractivity contribution >= 4 is 0 Å². The Labute approximate surface area is 103 Å². The molecule has 0 aromatic carbocycles. The predicted molar refractivity (Wildman–Crippen MR) is 68.1 cm³/mol. The highest BCUT2D eigenvalue weighted by atomic mass is 16.5. The molecule has 1 aliphatic rings. The maximum absolute atomic E-state index is 5.14. The highest BCUT2D eigenvalue weighted by Gasteiger charge is 2.13. The summed E-state index contributed by atoms with van der Waals surface area (Å²) in [5.41, 5.74) is 1.27. The van der Waals surface area contributed by atoms with Crippen molar-refractivity contribution in [2.24, 2.45) is 0 Å². The van der Waals surface area contributed by atoms with Gasteiger partial charge in [-0.3, -0.25) is 4.90 Å². The van der Waals surface area contributed by atoms with Crippen LogP contribution in [0.4, 0.5) is 0 Å². The van der Waals surface area contributed by atoms with Crippen LogP contribution in [0.1, 0.15) is 18.9 Å². The van der Waals surface area contributed by atoms with Gasteiger partial charge < -0.3 is 10.1 Å². The van der Waals surface area contributed by atoms with E-state index in [0.717, 1.165) is 26.2 Å². The zero-order chi connectivity index (χ0) is 12.1. The van der Waals surface area contributed by atoms with Crippen molar-refractivity contribution in [2.45, 2.75) is 25.9 Å². The van der Waals surface area contributed by atoms with Crippen molar-refractivity contribution in [3.63, 3.8) is 0 Å². The van der Waals surface area contributed by atoms with E-state index in [0.29, 0.717) is 11.9 Å². The van der Waals surface area contributed by atoms with Gasteiger partial charge in [-0.05, 0) is 25.0 Å². The van der Waals surface area contributed by atoms with Gasteiger partial charge in [-0.25, -0.2) is 4.98 Å². The lowest BCUT2D eigenvalue weighted by atomic mass is 10.2. The molecule has 2 rings (SSSR count). The summed E-state index contributed by atoms with van der Waals surface area (Å²) in [6.45, 7) is 6.56. The van der Waals surface area contributed by atoms with E-state index in [1.807, 2.05) is 12.3 Å². The maximum Gasteiger partial charge on any atom is 0.213 e. The van der Waals surface area contributed by atoms with E-state index in [4.69, 9.17) is 4.74 Å². The Morgan fingerprint density at radius 1 is 1.53 bits per heavy atom. The highest BCUT2D eigenvalue weighted by Crippen LogP contribution is 2.12. The molecule has 94 valence electrons. The van der Waals surface area contributed by atoms with E-state index in [1.165, 1.54) is 12.0 Å². The number of nitrogens with one attached hydrogen (secondary N) is 1. The van der Waals surface area contributed by atoms with Gasteiger partial charge in [0.05, 0.1) is 7.11 Å². The fourth-order valence-corrected chi connectivity index (χ4v) is 2.14. The van der Waals surface area contributed by atoms with Gasteiger partial charge in [0.1, 0.15) is 0 Å². The summed E-state index contributed by atoms with van der Waals surface area (Å²) in [6.07, 6.45) is 3.02. The average Bonchev–Trinajstić information content (AvgIpc) is 2.55.